The zero-order valence-electron chi connectivity index (χ0n) is 9.34. The maximum atomic E-state index is 5.08. The van der Waals surface area contributed by atoms with Crippen LogP contribution in [0.15, 0.2) is 0 Å². The van der Waals surface area contributed by atoms with Gasteiger partial charge >= 0.3 is 0 Å². The van der Waals surface area contributed by atoms with Crippen LogP contribution >= 0.6 is 0 Å². The summed E-state index contributed by atoms with van der Waals surface area (Å²) in [6, 6.07) is 0. The Labute approximate surface area is 90.1 Å². The monoisotopic (exact) mass is 207 g/mol. The van der Waals surface area contributed by atoms with Crippen molar-refractivity contribution in [2.75, 3.05) is 13.7 Å². The molecule has 2 rings (SSSR count). The Balaban J connectivity index is 2.38. The van der Waals surface area contributed by atoms with Gasteiger partial charge in [-0.3, -0.25) is 0 Å². The number of nitrogens with one attached hydrogen (secondary N) is 1. The maximum Gasteiger partial charge on any atom is 0.154 e. The summed E-state index contributed by atoms with van der Waals surface area (Å²) in [6.45, 7) is 4.56. The Hall–Kier alpha value is -1.00. The molecule has 0 bridgehead atoms. The normalized spacial score (nSPS) is 15.1. The number of aromatic nitrogens is 2. The van der Waals surface area contributed by atoms with E-state index in [0.29, 0.717) is 6.61 Å². The first-order chi connectivity index (χ1) is 7.35. The number of fused-ring (bicyclic) bond motifs is 1. The third kappa shape index (κ3) is 2.16. The van der Waals surface area contributed by atoms with Crippen LogP contribution in [0.4, 0.5) is 0 Å². The lowest BCUT2D eigenvalue weighted by atomic mass is 10.0. The largest absolute Gasteiger partial charge is 0.377 e. The molecule has 1 aromatic heterocycles. The van der Waals surface area contributed by atoms with E-state index in [4.69, 9.17) is 4.74 Å². The third-order valence-electron chi connectivity index (χ3n) is 2.67. The first kappa shape index (κ1) is 10.5. The van der Waals surface area contributed by atoms with Crippen LogP contribution in [-0.4, -0.2) is 23.6 Å². The van der Waals surface area contributed by atoms with E-state index in [1.807, 2.05) is 0 Å². The van der Waals surface area contributed by atoms with Gasteiger partial charge in [-0.05, 0) is 6.42 Å². The highest BCUT2D eigenvalue weighted by Gasteiger charge is 2.15. The number of aryl methyl sites for hydroxylation is 1. The quantitative estimate of drug-likeness (QED) is 0.797. The minimum absolute atomic E-state index is 0.508. The molecule has 0 aliphatic carbocycles. The Bertz CT molecular complexity index is 335. The number of hydrogen-bond donors (Lipinski definition) is 1. The van der Waals surface area contributed by atoms with E-state index in [0.717, 1.165) is 31.8 Å². The molecule has 0 radical (unpaired) electrons. The summed E-state index contributed by atoms with van der Waals surface area (Å²) in [4.78, 5) is 9.05. The van der Waals surface area contributed by atoms with Crippen molar-refractivity contribution in [1.29, 1.82) is 0 Å². The van der Waals surface area contributed by atoms with E-state index in [1.165, 1.54) is 17.0 Å². The molecule has 0 unspecified atom stereocenters. The van der Waals surface area contributed by atoms with Gasteiger partial charge < -0.3 is 10.1 Å². The fourth-order valence-electron chi connectivity index (χ4n) is 1.96. The van der Waals surface area contributed by atoms with Crippen molar-refractivity contribution >= 4 is 0 Å². The summed E-state index contributed by atoms with van der Waals surface area (Å²) in [6.07, 6.45) is 1.96. The van der Waals surface area contributed by atoms with E-state index >= 15 is 0 Å². The summed E-state index contributed by atoms with van der Waals surface area (Å²) in [5, 5.41) is 3.36. The van der Waals surface area contributed by atoms with Crippen LogP contribution in [0.1, 0.15) is 29.7 Å². The van der Waals surface area contributed by atoms with Gasteiger partial charge in [0.1, 0.15) is 6.61 Å². The molecule has 4 nitrogen and oxygen atoms in total. The van der Waals surface area contributed by atoms with E-state index in [-0.39, 0.29) is 0 Å². The maximum absolute atomic E-state index is 5.08. The van der Waals surface area contributed by atoms with E-state index in [1.54, 1.807) is 7.11 Å². The van der Waals surface area contributed by atoms with Gasteiger partial charge in [0.2, 0.25) is 0 Å². The highest BCUT2D eigenvalue weighted by molar-refractivity contribution is 5.28. The number of hydrogen-bond acceptors (Lipinski definition) is 4. The molecular weight excluding hydrogens is 190 g/mol. The summed E-state index contributed by atoms with van der Waals surface area (Å²) in [5.74, 6) is 0.815. The molecule has 0 aromatic carbocycles. The zero-order valence-corrected chi connectivity index (χ0v) is 9.34. The van der Waals surface area contributed by atoms with Gasteiger partial charge in [-0.2, -0.15) is 0 Å². The van der Waals surface area contributed by atoms with Gasteiger partial charge in [0.25, 0.3) is 0 Å². The standard InChI is InChI=1S/C11H17N3O/c1-3-9-8-6-12-5-4-10(8)14-11(13-9)7-15-2/h12H,3-7H2,1-2H3. The zero-order chi connectivity index (χ0) is 10.7. The molecule has 0 fully saturated rings. The first-order valence-electron chi connectivity index (χ1n) is 5.42. The number of rotatable bonds is 3. The molecule has 2 heterocycles. The molecular formula is C11H17N3O. The Morgan fingerprint density at radius 2 is 2.27 bits per heavy atom. The number of nitrogens with zero attached hydrogens (tertiary/aromatic N) is 2. The molecule has 0 atom stereocenters. The van der Waals surface area contributed by atoms with E-state index < -0.39 is 0 Å². The second-order valence-electron chi connectivity index (χ2n) is 3.73. The predicted molar refractivity (Wildman–Crippen MR) is 57.5 cm³/mol. The lowest BCUT2D eigenvalue weighted by Crippen LogP contribution is -2.27. The summed E-state index contributed by atoms with van der Waals surface area (Å²) in [5.41, 5.74) is 3.66. The molecule has 15 heavy (non-hydrogen) atoms. The fraction of sp³-hybridized carbons (Fsp3) is 0.636. The van der Waals surface area contributed by atoms with Crippen molar-refractivity contribution in [1.82, 2.24) is 15.3 Å². The molecule has 1 N–H and O–H groups in total. The van der Waals surface area contributed by atoms with Crippen LogP contribution in [0.25, 0.3) is 0 Å². The van der Waals surface area contributed by atoms with Crippen molar-refractivity contribution in [2.45, 2.75) is 32.9 Å². The Morgan fingerprint density at radius 3 is 3.00 bits per heavy atom. The fourth-order valence-corrected chi connectivity index (χ4v) is 1.96. The Kier molecular flexibility index (Phi) is 3.28. The van der Waals surface area contributed by atoms with Gasteiger partial charge in [0.15, 0.2) is 5.82 Å². The number of ether oxygens (including phenoxy) is 1. The van der Waals surface area contributed by atoms with Gasteiger partial charge in [0.05, 0.1) is 5.69 Å². The minimum atomic E-state index is 0.508. The van der Waals surface area contributed by atoms with Crippen molar-refractivity contribution < 1.29 is 4.74 Å². The molecule has 1 aliphatic heterocycles. The van der Waals surface area contributed by atoms with Crippen LogP contribution in [0.3, 0.4) is 0 Å². The van der Waals surface area contributed by atoms with E-state index in [9.17, 15) is 0 Å². The SMILES string of the molecule is CCc1nc(COC)nc2c1CNCC2. The van der Waals surface area contributed by atoms with Gasteiger partial charge in [-0.15, -0.1) is 0 Å². The smallest absolute Gasteiger partial charge is 0.154 e. The summed E-state index contributed by atoms with van der Waals surface area (Å²) < 4.78 is 5.08. The van der Waals surface area contributed by atoms with Crippen LogP contribution < -0.4 is 5.32 Å². The average molecular weight is 207 g/mol. The van der Waals surface area contributed by atoms with Gasteiger partial charge in [0, 0.05) is 37.9 Å². The molecule has 0 saturated heterocycles. The Morgan fingerprint density at radius 1 is 1.40 bits per heavy atom. The predicted octanol–water partition coefficient (Wildman–Crippen LogP) is 0.831. The topological polar surface area (TPSA) is 47.0 Å². The summed E-state index contributed by atoms with van der Waals surface area (Å²) >= 11 is 0. The van der Waals surface area contributed by atoms with Crippen LogP contribution in [-0.2, 0) is 30.7 Å². The lowest BCUT2D eigenvalue weighted by Gasteiger charge is -2.19. The lowest BCUT2D eigenvalue weighted by molar-refractivity contribution is 0.177. The van der Waals surface area contributed by atoms with Gasteiger partial charge in [-0.1, -0.05) is 6.92 Å². The third-order valence-corrected chi connectivity index (χ3v) is 2.67. The van der Waals surface area contributed by atoms with Crippen molar-refractivity contribution in [3.63, 3.8) is 0 Å². The van der Waals surface area contributed by atoms with Crippen LogP contribution in [0, 0.1) is 0 Å². The van der Waals surface area contributed by atoms with Crippen LogP contribution in [0.2, 0.25) is 0 Å². The molecule has 0 saturated carbocycles. The molecule has 4 heteroatoms. The highest BCUT2D eigenvalue weighted by atomic mass is 16.5. The molecule has 1 aliphatic rings. The van der Waals surface area contributed by atoms with Crippen LogP contribution in [0.5, 0.6) is 0 Å². The van der Waals surface area contributed by atoms with Crippen molar-refractivity contribution in [2.24, 2.45) is 0 Å². The second-order valence-corrected chi connectivity index (χ2v) is 3.73. The first-order valence-corrected chi connectivity index (χ1v) is 5.42. The second kappa shape index (κ2) is 4.68. The average Bonchev–Trinajstić information content (AvgIpc) is 2.28. The molecule has 82 valence electrons. The van der Waals surface area contributed by atoms with Gasteiger partial charge in [-0.25, -0.2) is 9.97 Å². The van der Waals surface area contributed by atoms with E-state index in [2.05, 4.69) is 22.2 Å². The summed E-state index contributed by atoms with van der Waals surface area (Å²) in [7, 11) is 1.68. The molecule has 1 aromatic rings. The molecule has 0 spiro atoms. The minimum Gasteiger partial charge on any atom is -0.377 e. The van der Waals surface area contributed by atoms with Crippen molar-refractivity contribution in [3.05, 3.63) is 22.8 Å². The molecule has 0 amide bonds. The van der Waals surface area contributed by atoms with Crippen molar-refractivity contribution in [3.8, 4) is 0 Å². The highest BCUT2D eigenvalue weighted by Crippen LogP contribution is 2.16. The number of methoxy groups -OCH3 is 1.